The molecule has 0 radical (unpaired) electrons. The third kappa shape index (κ3) is 12.2. The van der Waals surface area contributed by atoms with Gasteiger partial charge in [-0.05, 0) is 73.2 Å². The number of piperidine rings is 1. The quantitative estimate of drug-likeness (QED) is 0.0583. The van der Waals surface area contributed by atoms with Gasteiger partial charge in [-0.3, -0.25) is 14.6 Å². The largest absolute Gasteiger partial charge is 0.506 e. The number of carbonyl (C=O) groups is 1. The third-order valence-corrected chi connectivity index (χ3v) is 10.5. The molecular weight excluding hydrogens is 705 g/mol. The highest BCUT2D eigenvalue weighted by molar-refractivity contribution is 5.88. The van der Waals surface area contributed by atoms with Crippen LogP contribution in [0.2, 0.25) is 0 Å². The molecule has 0 saturated carbocycles. The Balaban J connectivity index is 0.871. The second kappa shape index (κ2) is 21.2. The summed E-state index contributed by atoms with van der Waals surface area (Å²) in [6.45, 7) is 4.94. The van der Waals surface area contributed by atoms with E-state index in [1.165, 1.54) is 24.1 Å². The first-order valence-corrected chi connectivity index (χ1v) is 20.2. The van der Waals surface area contributed by atoms with Crippen LogP contribution in [0.5, 0.6) is 11.5 Å². The maximum Gasteiger partial charge on any atom is 0.414 e. The molecule has 0 spiro atoms. The van der Waals surface area contributed by atoms with Gasteiger partial charge in [-0.2, -0.15) is 0 Å². The lowest BCUT2D eigenvalue weighted by Gasteiger charge is -2.33. The molecule has 10 heteroatoms. The first-order chi connectivity index (χ1) is 27.4. The molecule has 296 valence electrons. The number of aromatic nitrogens is 1. The first-order valence-electron chi connectivity index (χ1n) is 20.2. The van der Waals surface area contributed by atoms with Gasteiger partial charge in [0.1, 0.15) is 17.6 Å². The molecule has 6 rings (SSSR count). The lowest BCUT2D eigenvalue weighted by molar-refractivity contribution is 0.0525. The van der Waals surface area contributed by atoms with E-state index in [0.717, 1.165) is 94.5 Å². The zero-order valence-electron chi connectivity index (χ0n) is 32.3. The number of benzene rings is 4. The Morgan fingerprint density at radius 2 is 1.52 bits per heavy atom. The fourth-order valence-corrected chi connectivity index (χ4v) is 7.33. The maximum absolute atomic E-state index is 13.7. The van der Waals surface area contributed by atoms with E-state index >= 15 is 0 Å². The second-order valence-corrected chi connectivity index (χ2v) is 14.7. The molecule has 1 amide bonds. The lowest BCUT2D eigenvalue weighted by atomic mass is 10.0. The standard InChI is InChI=1S/C46H56N4O6/c51-42-23-21-40(41-22-24-44(53)48-45(41)42)43(52)32-47-27-12-4-2-1-3-5-13-30-55-39-20-14-19-37(31-39)50(34-36-17-10-7-11-18-36)46(54)56-38-25-28-49(29-26-38)33-35-15-8-6-9-16-35/h6-11,14-24,31,38,43,47,51-52H,1-5,12-13,25-30,32-34H2,(H,48,53)/t43-/m0/s1. The smallest absolute Gasteiger partial charge is 0.414 e. The number of phenols is 1. The number of aliphatic hydroxyl groups is 1. The number of aromatic amines is 1. The van der Waals surface area contributed by atoms with Crippen LogP contribution in [0, 0.1) is 0 Å². The van der Waals surface area contributed by atoms with Gasteiger partial charge in [-0.15, -0.1) is 0 Å². The zero-order chi connectivity index (χ0) is 39.0. The summed E-state index contributed by atoms with van der Waals surface area (Å²) in [6, 6.07) is 34.5. The van der Waals surface area contributed by atoms with Crippen molar-refractivity contribution in [3.8, 4) is 11.5 Å². The minimum Gasteiger partial charge on any atom is -0.506 e. The van der Waals surface area contributed by atoms with E-state index < -0.39 is 6.10 Å². The van der Waals surface area contributed by atoms with Gasteiger partial charge < -0.3 is 30.0 Å². The van der Waals surface area contributed by atoms with E-state index in [-0.39, 0.29) is 23.5 Å². The number of fused-ring (bicyclic) bond motifs is 1. The molecule has 4 aromatic carbocycles. The van der Waals surface area contributed by atoms with Gasteiger partial charge in [0.15, 0.2) is 0 Å². The summed E-state index contributed by atoms with van der Waals surface area (Å²) in [5, 5.41) is 24.8. The summed E-state index contributed by atoms with van der Waals surface area (Å²) in [5.74, 6) is 0.733. The van der Waals surface area contributed by atoms with Gasteiger partial charge >= 0.3 is 6.09 Å². The number of likely N-dealkylation sites (tertiary alicyclic amines) is 1. The van der Waals surface area contributed by atoms with Crippen LogP contribution < -0.4 is 20.5 Å². The Labute approximate surface area is 330 Å². The normalized spacial score (nSPS) is 14.1. The predicted octanol–water partition coefficient (Wildman–Crippen LogP) is 8.47. The molecule has 4 N–H and O–H groups in total. The number of nitrogens with one attached hydrogen (secondary N) is 2. The van der Waals surface area contributed by atoms with Crippen LogP contribution in [0.25, 0.3) is 10.9 Å². The summed E-state index contributed by atoms with van der Waals surface area (Å²) < 4.78 is 12.3. The number of unbranched alkanes of at least 4 members (excludes halogenated alkanes) is 6. The van der Waals surface area contributed by atoms with E-state index in [2.05, 4.69) is 39.5 Å². The van der Waals surface area contributed by atoms with Crippen molar-refractivity contribution in [2.24, 2.45) is 0 Å². The molecule has 1 aromatic heterocycles. The van der Waals surface area contributed by atoms with Gasteiger partial charge in [-0.1, -0.05) is 105 Å². The minimum absolute atomic E-state index is 0.0113. The Bertz CT molecular complexity index is 2000. The number of hydrogen-bond acceptors (Lipinski definition) is 8. The third-order valence-electron chi connectivity index (χ3n) is 10.5. The number of ether oxygens (including phenoxy) is 2. The van der Waals surface area contributed by atoms with E-state index in [1.807, 2.05) is 60.7 Å². The van der Waals surface area contributed by atoms with Crippen LogP contribution in [-0.4, -0.2) is 65.1 Å². The number of pyridine rings is 1. The molecule has 1 aliphatic rings. The number of carbonyl (C=O) groups excluding carboxylic acids is 1. The summed E-state index contributed by atoms with van der Waals surface area (Å²) >= 11 is 0. The fraction of sp³-hybridized carbons (Fsp3) is 0.391. The highest BCUT2D eigenvalue weighted by Crippen LogP contribution is 2.29. The molecule has 1 aliphatic heterocycles. The van der Waals surface area contributed by atoms with Gasteiger partial charge in [0, 0.05) is 43.7 Å². The van der Waals surface area contributed by atoms with Crippen molar-refractivity contribution in [1.82, 2.24) is 15.2 Å². The van der Waals surface area contributed by atoms with Crippen molar-refractivity contribution in [2.45, 2.75) is 83.1 Å². The summed E-state index contributed by atoms with van der Waals surface area (Å²) in [6.07, 6.45) is 8.10. The van der Waals surface area contributed by atoms with Crippen molar-refractivity contribution in [3.05, 3.63) is 136 Å². The van der Waals surface area contributed by atoms with E-state index in [0.29, 0.717) is 36.2 Å². The summed E-state index contributed by atoms with van der Waals surface area (Å²) in [5.41, 5.74) is 3.81. The highest BCUT2D eigenvalue weighted by Gasteiger charge is 2.26. The SMILES string of the molecule is O=C(OC1CCN(Cc2ccccc2)CC1)N(Cc1ccccc1)c1cccc(OCCCCCCCCCNC[C@H](O)c2ccc(O)c3[nH]c(=O)ccc23)c1. The number of nitrogens with zero attached hydrogens (tertiary/aromatic N) is 2. The van der Waals surface area contributed by atoms with Crippen molar-refractivity contribution in [2.75, 3.05) is 37.7 Å². The average Bonchev–Trinajstić information content (AvgIpc) is 3.22. The average molecular weight is 761 g/mol. The first kappa shape index (κ1) is 40.5. The second-order valence-electron chi connectivity index (χ2n) is 14.7. The van der Waals surface area contributed by atoms with Crippen LogP contribution in [-0.2, 0) is 17.8 Å². The molecule has 5 aromatic rings. The van der Waals surface area contributed by atoms with Crippen LogP contribution in [0.1, 0.15) is 80.6 Å². The van der Waals surface area contributed by atoms with Gasteiger partial charge in [0.05, 0.1) is 30.5 Å². The number of hydrogen-bond donors (Lipinski definition) is 4. The lowest BCUT2D eigenvalue weighted by Crippen LogP contribution is -2.40. The number of anilines is 1. The van der Waals surface area contributed by atoms with E-state index in [4.69, 9.17) is 9.47 Å². The molecule has 56 heavy (non-hydrogen) atoms. The van der Waals surface area contributed by atoms with Crippen molar-refractivity contribution in [1.29, 1.82) is 0 Å². The number of aliphatic hydroxyl groups excluding tert-OH is 1. The predicted molar refractivity (Wildman–Crippen MR) is 222 cm³/mol. The fourth-order valence-electron chi connectivity index (χ4n) is 7.33. The molecule has 1 atom stereocenters. The number of H-pyrrole nitrogens is 1. The number of phenolic OH excluding ortho intramolecular Hbond substituents is 1. The summed E-state index contributed by atoms with van der Waals surface area (Å²) in [4.78, 5) is 32.2. The van der Waals surface area contributed by atoms with Gasteiger partial charge in [0.25, 0.3) is 0 Å². The number of aromatic hydroxyl groups is 1. The van der Waals surface area contributed by atoms with Gasteiger partial charge in [0.2, 0.25) is 5.56 Å². The van der Waals surface area contributed by atoms with Gasteiger partial charge in [-0.25, -0.2) is 4.79 Å². The Hall–Kier alpha value is -5.16. The van der Waals surface area contributed by atoms with Crippen molar-refractivity contribution in [3.63, 3.8) is 0 Å². The molecule has 0 bridgehead atoms. The number of amides is 1. The van der Waals surface area contributed by atoms with Crippen LogP contribution in [0.15, 0.2) is 114 Å². The Morgan fingerprint density at radius 3 is 2.27 bits per heavy atom. The van der Waals surface area contributed by atoms with Crippen molar-refractivity contribution >= 4 is 22.7 Å². The van der Waals surface area contributed by atoms with E-state index in [1.54, 1.807) is 17.0 Å². The molecule has 0 aliphatic carbocycles. The molecule has 1 fully saturated rings. The Kier molecular flexibility index (Phi) is 15.4. The molecular formula is C46H56N4O6. The topological polar surface area (TPSA) is 127 Å². The van der Waals surface area contributed by atoms with Crippen molar-refractivity contribution < 1.29 is 24.5 Å². The zero-order valence-corrected chi connectivity index (χ0v) is 32.3. The molecule has 0 unspecified atom stereocenters. The molecule has 10 nitrogen and oxygen atoms in total. The monoisotopic (exact) mass is 760 g/mol. The number of rotatable bonds is 20. The highest BCUT2D eigenvalue weighted by atomic mass is 16.6. The summed E-state index contributed by atoms with van der Waals surface area (Å²) in [7, 11) is 0. The molecule has 2 heterocycles. The van der Waals surface area contributed by atoms with Crippen LogP contribution in [0.4, 0.5) is 10.5 Å². The Morgan fingerprint density at radius 1 is 0.821 bits per heavy atom. The van der Waals surface area contributed by atoms with E-state index in [9.17, 15) is 19.8 Å². The minimum atomic E-state index is -0.747. The van der Waals surface area contributed by atoms with Crippen LogP contribution in [0.3, 0.4) is 0 Å². The molecule has 1 saturated heterocycles. The maximum atomic E-state index is 13.7. The van der Waals surface area contributed by atoms with Crippen LogP contribution >= 0.6 is 0 Å².